The second-order valence-corrected chi connectivity index (χ2v) is 5.68. The fourth-order valence-electron chi connectivity index (χ4n) is 2.48. The van der Waals surface area contributed by atoms with Crippen molar-refractivity contribution >= 4 is 11.9 Å². The Morgan fingerprint density at radius 1 is 0.750 bits per heavy atom. The SMILES string of the molecule is COC(=O)c1cc(C#Cc2ccnc(-c3ccccn3)c2)cc(C(=O)OC)c1. The first-order valence-electron chi connectivity index (χ1n) is 8.32. The van der Waals surface area contributed by atoms with Gasteiger partial charge in [0.2, 0.25) is 0 Å². The van der Waals surface area contributed by atoms with Crippen LogP contribution in [0.2, 0.25) is 0 Å². The maximum Gasteiger partial charge on any atom is 0.337 e. The maximum absolute atomic E-state index is 11.9. The van der Waals surface area contributed by atoms with Crippen LogP contribution in [-0.2, 0) is 9.47 Å². The van der Waals surface area contributed by atoms with Crippen molar-refractivity contribution < 1.29 is 19.1 Å². The topological polar surface area (TPSA) is 78.4 Å². The van der Waals surface area contributed by atoms with Crippen LogP contribution in [0.1, 0.15) is 31.8 Å². The average Bonchev–Trinajstić information content (AvgIpc) is 2.77. The summed E-state index contributed by atoms with van der Waals surface area (Å²) in [5, 5.41) is 0. The molecule has 138 valence electrons. The van der Waals surface area contributed by atoms with Gasteiger partial charge in [0.1, 0.15) is 0 Å². The van der Waals surface area contributed by atoms with Crippen LogP contribution in [-0.4, -0.2) is 36.1 Å². The number of pyridine rings is 2. The third kappa shape index (κ3) is 4.40. The smallest absolute Gasteiger partial charge is 0.337 e. The molecule has 1 aromatic carbocycles. The fraction of sp³-hybridized carbons (Fsp3) is 0.0909. The lowest BCUT2D eigenvalue weighted by Gasteiger charge is -2.04. The number of rotatable bonds is 3. The molecular weight excluding hydrogens is 356 g/mol. The predicted molar refractivity (Wildman–Crippen MR) is 103 cm³/mol. The lowest BCUT2D eigenvalue weighted by Crippen LogP contribution is -2.07. The predicted octanol–water partition coefficient (Wildman–Crippen LogP) is 3.12. The molecule has 28 heavy (non-hydrogen) atoms. The van der Waals surface area contributed by atoms with Crippen LogP contribution in [0.25, 0.3) is 11.4 Å². The van der Waals surface area contributed by atoms with Crippen LogP contribution in [0.3, 0.4) is 0 Å². The van der Waals surface area contributed by atoms with E-state index in [4.69, 9.17) is 9.47 Å². The summed E-state index contributed by atoms with van der Waals surface area (Å²) in [6.45, 7) is 0. The summed E-state index contributed by atoms with van der Waals surface area (Å²) < 4.78 is 9.47. The second kappa shape index (κ2) is 8.60. The van der Waals surface area contributed by atoms with Crippen molar-refractivity contribution in [2.45, 2.75) is 0 Å². The van der Waals surface area contributed by atoms with Gasteiger partial charge in [0.25, 0.3) is 0 Å². The van der Waals surface area contributed by atoms with E-state index < -0.39 is 11.9 Å². The first kappa shape index (κ1) is 18.8. The zero-order chi connectivity index (χ0) is 19.9. The molecule has 0 saturated carbocycles. The van der Waals surface area contributed by atoms with Gasteiger partial charge in [0.05, 0.1) is 36.7 Å². The lowest BCUT2D eigenvalue weighted by atomic mass is 10.1. The van der Waals surface area contributed by atoms with Gasteiger partial charge in [-0.15, -0.1) is 0 Å². The molecule has 2 aromatic heterocycles. The van der Waals surface area contributed by atoms with E-state index in [9.17, 15) is 9.59 Å². The first-order chi connectivity index (χ1) is 13.6. The third-order valence-corrected chi connectivity index (χ3v) is 3.81. The van der Waals surface area contributed by atoms with Crippen LogP contribution in [0.15, 0.2) is 60.9 Å². The minimum absolute atomic E-state index is 0.221. The number of methoxy groups -OCH3 is 2. The molecule has 0 aliphatic rings. The molecule has 0 aliphatic heterocycles. The van der Waals surface area contributed by atoms with E-state index in [-0.39, 0.29) is 11.1 Å². The number of ether oxygens (including phenoxy) is 2. The van der Waals surface area contributed by atoms with Gasteiger partial charge in [-0.2, -0.15) is 0 Å². The van der Waals surface area contributed by atoms with Gasteiger partial charge in [0.15, 0.2) is 0 Å². The number of nitrogens with zero attached hydrogens (tertiary/aromatic N) is 2. The van der Waals surface area contributed by atoms with Crippen LogP contribution >= 0.6 is 0 Å². The summed E-state index contributed by atoms with van der Waals surface area (Å²) in [7, 11) is 2.54. The van der Waals surface area contributed by atoms with Crippen molar-refractivity contribution in [2.24, 2.45) is 0 Å². The van der Waals surface area contributed by atoms with Gasteiger partial charge >= 0.3 is 11.9 Å². The molecule has 2 heterocycles. The van der Waals surface area contributed by atoms with Crippen molar-refractivity contribution in [3.05, 3.63) is 83.2 Å². The summed E-state index contributed by atoms with van der Waals surface area (Å²) in [5.41, 5.74) is 3.09. The number of hydrogen-bond acceptors (Lipinski definition) is 6. The molecular formula is C22H16N2O4. The number of carbonyl (C=O) groups excluding carboxylic acids is 2. The molecule has 0 bridgehead atoms. The van der Waals surface area contributed by atoms with Crippen molar-refractivity contribution in [1.82, 2.24) is 9.97 Å². The Morgan fingerprint density at radius 2 is 1.39 bits per heavy atom. The molecule has 6 nitrogen and oxygen atoms in total. The molecule has 0 fully saturated rings. The van der Waals surface area contributed by atoms with Crippen LogP contribution in [0.5, 0.6) is 0 Å². The summed E-state index contributed by atoms with van der Waals surface area (Å²) >= 11 is 0. The molecule has 6 heteroatoms. The molecule has 0 radical (unpaired) electrons. The van der Waals surface area contributed by atoms with Gasteiger partial charge in [-0.05, 0) is 42.5 Å². The standard InChI is InChI=1S/C22H16N2O4/c1-27-21(25)17-11-16(12-18(14-17)22(26)28-2)7-6-15-8-10-24-20(13-15)19-5-3-4-9-23-19/h3-5,8-14H,1-2H3. The molecule has 0 N–H and O–H groups in total. The Balaban J connectivity index is 1.97. The first-order valence-corrected chi connectivity index (χ1v) is 8.32. The number of benzene rings is 1. The van der Waals surface area contributed by atoms with Crippen molar-refractivity contribution in [3.8, 4) is 23.2 Å². The van der Waals surface area contributed by atoms with E-state index in [1.807, 2.05) is 24.3 Å². The Labute approximate surface area is 162 Å². The van der Waals surface area contributed by atoms with E-state index in [2.05, 4.69) is 21.8 Å². The van der Waals surface area contributed by atoms with Crippen molar-refractivity contribution in [3.63, 3.8) is 0 Å². The Morgan fingerprint density at radius 3 is 2.00 bits per heavy atom. The van der Waals surface area contributed by atoms with E-state index in [1.165, 1.54) is 20.3 Å². The van der Waals surface area contributed by atoms with Crippen LogP contribution < -0.4 is 0 Å². The quantitative estimate of drug-likeness (QED) is 0.519. The minimum Gasteiger partial charge on any atom is -0.465 e. The average molecular weight is 372 g/mol. The zero-order valence-corrected chi connectivity index (χ0v) is 15.3. The van der Waals surface area contributed by atoms with Gasteiger partial charge < -0.3 is 9.47 Å². The highest BCUT2D eigenvalue weighted by atomic mass is 16.5. The molecule has 0 saturated heterocycles. The van der Waals surface area contributed by atoms with Crippen molar-refractivity contribution in [1.29, 1.82) is 0 Å². The zero-order valence-electron chi connectivity index (χ0n) is 15.3. The van der Waals surface area contributed by atoms with E-state index >= 15 is 0 Å². The molecule has 3 rings (SSSR count). The maximum atomic E-state index is 11.9. The lowest BCUT2D eigenvalue weighted by molar-refractivity contribution is 0.0599. The van der Waals surface area contributed by atoms with Crippen LogP contribution in [0, 0.1) is 11.8 Å². The molecule has 0 amide bonds. The Hall–Kier alpha value is -3.98. The highest BCUT2D eigenvalue weighted by Crippen LogP contribution is 2.15. The van der Waals surface area contributed by atoms with Gasteiger partial charge in [-0.3, -0.25) is 9.97 Å². The second-order valence-electron chi connectivity index (χ2n) is 5.68. The van der Waals surface area contributed by atoms with E-state index in [1.54, 1.807) is 30.6 Å². The van der Waals surface area contributed by atoms with Gasteiger partial charge in [-0.25, -0.2) is 9.59 Å². The summed E-state index contributed by atoms with van der Waals surface area (Å²) in [5.74, 6) is 4.86. The Kier molecular flexibility index (Phi) is 5.78. The Bertz CT molecular complexity index is 1050. The molecule has 0 aliphatic carbocycles. The summed E-state index contributed by atoms with van der Waals surface area (Å²) in [6, 6.07) is 13.7. The number of carbonyl (C=O) groups is 2. The minimum atomic E-state index is -0.560. The van der Waals surface area contributed by atoms with E-state index in [0.29, 0.717) is 11.3 Å². The largest absolute Gasteiger partial charge is 0.465 e. The highest BCUT2D eigenvalue weighted by molar-refractivity contribution is 5.96. The molecule has 0 atom stereocenters. The van der Waals surface area contributed by atoms with Gasteiger partial charge in [-0.1, -0.05) is 17.9 Å². The highest BCUT2D eigenvalue weighted by Gasteiger charge is 2.13. The normalized spacial score (nSPS) is 9.79. The number of esters is 2. The summed E-state index contributed by atoms with van der Waals surface area (Å²) in [4.78, 5) is 32.3. The molecule has 0 spiro atoms. The molecule has 3 aromatic rings. The third-order valence-electron chi connectivity index (χ3n) is 3.81. The fourth-order valence-corrected chi connectivity index (χ4v) is 2.48. The van der Waals surface area contributed by atoms with E-state index in [0.717, 1.165) is 11.3 Å². The van der Waals surface area contributed by atoms with Crippen LogP contribution in [0.4, 0.5) is 0 Å². The number of aromatic nitrogens is 2. The van der Waals surface area contributed by atoms with Gasteiger partial charge in [0, 0.05) is 23.5 Å². The number of hydrogen-bond donors (Lipinski definition) is 0. The summed E-state index contributed by atoms with van der Waals surface area (Å²) in [6.07, 6.45) is 3.35. The monoisotopic (exact) mass is 372 g/mol. The molecule has 0 unspecified atom stereocenters. The van der Waals surface area contributed by atoms with Crippen molar-refractivity contribution in [2.75, 3.05) is 14.2 Å².